The van der Waals surface area contributed by atoms with Crippen molar-refractivity contribution < 1.29 is 4.79 Å². The molecule has 4 nitrogen and oxygen atoms in total. The highest BCUT2D eigenvalue weighted by atomic mass is 35.5. The summed E-state index contributed by atoms with van der Waals surface area (Å²) >= 11 is 12.1. The van der Waals surface area contributed by atoms with E-state index in [1.807, 2.05) is 16.7 Å². The standard InChI is InChI=1S/C13H15Cl2N3O/c1-8-13(19)17-4-2-3-10(17)7-18(8)12-11(15)5-9(14)6-16-12/h5-6,8,10H,2-4,7H2,1H3/t8-,10-/m1/s1. The van der Waals surface area contributed by atoms with Crippen molar-refractivity contribution in [3.63, 3.8) is 0 Å². The van der Waals surface area contributed by atoms with Crippen LogP contribution in [0.15, 0.2) is 12.3 Å². The summed E-state index contributed by atoms with van der Waals surface area (Å²) < 4.78 is 0. The van der Waals surface area contributed by atoms with E-state index in [0.717, 1.165) is 25.9 Å². The van der Waals surface area contributed by atoms with Crippen LogP contribution in [0.25, 0.3) is 0 Å². The zero-order valence-corrected chi connectivity index (χ0v) is 12.2. The smallest absolute Gasteiger partial charge is 0.245 e. The van der Waals surface area contributed by atoms with Crippen LogP contribution >= 0.6 is 23.2 Å². The first kappa shape index (κ1) is 13.0. The molecule has 1 aromatic heterocycles. The molecule has 0 radical (unpaired) electrons. The number of rotatable bonds is 1. The maximum absolute atomic E-state index is 12.4. The van der Waals surface area contributed by atoms with Crippen LogP contribution in [0.5, 0.6) is 0 Å². The van der Waals surface area contributed by atoms with Gasteiger partial charge in [0.15, 0.2) is 0 Å². The molecule has 2 fully saturated rings. The number of hydrogen-bond donors (Lipinski definition) is 0. The maximum atomic E-state index is 12.4. The normalized spacial score (nSPS) is 26.8. The Labute approximate surface area is 122 Å². The third kappa shape index (κ3) is 2.17. The van der Waals surface area contributed by atoms with E-state index in [1.165, 1.54) is 0 Å². The van der Waals surface area contributed by atoms with Gasteiger partial charge < -0.3 is 9.80 Å². The Morgan fingerprint density at radius 2 is 2.16 bits per heavy atom. The molecule has 1 amide bonds. The largest absolute Gasteiger partial charge is 0.342 e. The van der Waals surface area contributed by atoms with Gasteiger partial charge in [-0.2, -0.15) is 0 Å². The molecule has 6 heteroatoms. The lowest BCUT2D eigenvalue weighted by atomic mass is 10.1. The fraction of sp³-hybridized carbons (Fsp3) is 0.538. The summed E-state index contributed by atoms with van der Waals surface area (Å²) in [6.45, 7) is 3.58. The van der Waals surface area contributed by atoms with E-state index >= 15 is 0 Å². The molecule has 2 atom stereocenters. The van der Waals surface area contributed by atoms with Gasteiger partial charge in [0.05, 0.1) is 10.0 Å². The first-order valence-electron chi connectivity index (χ1n) is 6.46. The van der Waals surface area contributed by atoms with Gasteiger partial charge in [-0.3, -0.25) is 4.79 Å². The van der Waals surface area contributed by atoms with E-state index in [1.54, 1.807) is 12.3 Å². The second kappa shape index (κ2) is 4.84. The van der Waals surface area contributed by atoms with Gasteiger partial charge in [0.1, 0.15) is 11.9 Å². The molecule has 2 aliphatic heterocycles. The molecule has 2 saturated heterocycles. The molecule has 2 aliphatic rings. The minimum absolute atomic E-state index is 0.168. The van der Waals surface area contributed by atoms with Crippen molar-refractivity contribution in [2.24, 2.45) is 0 Å². The zero-order chi connectivity index (χ0) is 13.6. The Balaban J connectivity index is 1.93. The molecule has 0 saturated carbocycles. The average Bonchev–Trinajstić information content (AvgIpc) is 2.83. The SMILES string of the molecule is C[C@@H]1C(=O)N2CCC[C@@H]2CN1c1ncc(Cl)cc1Cl. The lowest BCUT2D eigenvalue weighted by Gasteiger charge is -2.42. The first-order chi connectivity index (χ1) is 9.08. The molecule has 0 unspecified atom stereocenters. The molecule has 3 rings (SSSR count). The number of fused-ring (bicyclic) bond motifs is 1. The van der Waals surface area contributed by atoms with Crippen LogP contribution < -0.4 is 4.90 Å². The zero-order valence-electron chi connectivity index (χ0n) is 10.6. The highest BCUT2D eigenvalue weighted by Gasteiger charge is 2.41. The fourth-order valence-electron chi connectivity index (χ4n) is 2.96. The van der Waals surface area contributed by atoms with Crippen LogP contribution in [-0.4, -0.2) is 41.0 Å². The molecule has 3 heterocycles. The molecule has 0 N–H and O–H groups in total. The van der Waals surface area contributed by atoms with Gasteiger partial charge in [-0.15, -0.1) is 0 Å². The molecule has 102 valence electrons. The third-order valence-corrected chi connectivity index (χ3v) is 4.44. The highest BCUT2D eigenvalue weighted by molar-refractivity contribution is 6.36. The Kier molecular flexibility index (Phi) is 3.31. The van der Waals surface area contributed by atoms with Gasteiger partial charge in [0.2, 0.25) is 5.91 Å². The average molecular weight is 300 g/mol. The Hall–Kier alpha value is -1.000. The van der Waals surface area contributed by atoms with Gasteiger partial charge in [-0.1, -0.05) is 23.2 Å². The van der Waals surface area contributed by atoms with Crippen molar-refractivity contribution in [1.29, 1.82) is 0 Å². The minimum Gasteiger partial charge on any atom is -0.342 e. The number of hydrogen-bond acceptors (Lipinski definition) is 3. The number of halogens is 2. The number of aromatic nitrogens is 1. The topological polar surface area (TPSA) is 36.4 Å². The van der Waals surface area contributed by atoms with Crippen LogP contribution in [0.3, 0.4) is 0 Å². The van der Waals surface area contributed by atoms with Crippen molar-refractivity contribution >= 4 is 34.9 Å². The van der Waals surface area contributed by atoms with Crippen molar-refractivity contribution in [2.45, 2.75) is 31.8 Å². The van der Waals surface area contributed by atoms with E-state index in [-0.39, 0.29) is 18.0 Å². The molecule has 0 bridgehead atoms. The highest BCUT2D eigenvalue weighted by Crippen LogP contribution is 2.33. The molecule has 0 aliphatic carbocycles. The van der Waals surface area contributed by atoms with E-state index in [0.29, 0.717) is 15.9 Å². The van der Waals surface area contributed by atoms with Crippen LogP contribution in [-0.2, 0) is 4.79 Å². The van der Waals surface area contributed by atoms with Crippen LogP contribution in [0.1, 0.15) is 19.8 Å². The predicted octanol–water partition coefficient (Wildman–Crippen LogP) is 2.59. The third-order valence-electron chi connectivity index (χ3n) is 3.95. The summed E-state index contributed by atoms with van der Waals surface area (Å²) in [5.74, 6) is 0.819. The first-order valence-corrected chi connectivity index (χ1v) is 7.21. The molecule has 0 aromatic carbocycles. The number of amides is 1. The summed E-state index contributed by atoms with van der Waals surface area (Å²) in [5.41, 5.74) is 0. The molecule has 19 heavy (non-hydrogen) atoms. The van der Waals surface area contributed by atoms with Crippen LogP contribution in [0, 0.1) is 0 Å². The quantitative estimate of drug-likeness (QED) is 0.800. The Bertz CT molecular complexity index is 523. The predicted molar refractivity (Wildman–Crippen MR) is 75.8 cm³/mol. The molecule has 0 spiro atoms. The summed E-state index contributed by atoms with van der Waals surface area (Å²) in [7, 11) is 0. The number of carbonyl (C=O) groups is 1. The fourth-order valence-corrected chi connectivity index (χ4v) is 3.45. The van der Waals surface area contributed by atoms with E-state index in [4.69, 9.17) is 23.2 Å². The lowest BCUT2D eigenvalue weighted by Crippen LogP contribution is -2.59. The van der Waals surface area contributed by atoms with Gasteiger partial charge in [0, 0.05) is 25.3 Å². The van der Waals surface area contributed by atoms with Crippen molar-refractivity contribution in [3.05, 3.63) is 22.3 Å². The van der Waals surface area contributed by atoms with Gasteiger partial charge in [-0.05, 0) is 25.8 Å². The van der Waals surface area contributed by atoms with Gasteiger partial charge in [-0.25, -0.2) is 4.98 Å². The van der Waals surface area contributed by atoms with E-state index in [2.05, 4.69) is 4.98 Å². The summed E-state index contributed by atoms with van der Waals surface area (Å²) in [4.78, 5) is 20.6. The van der Waals surface area contributed by atoms with Crippen molar-refractivity contribution in [1.82, 2.24) is 9.88 Å². The second-order valence-electron chi connectivity index (χ2n) is 5.11. The van der Waals surface area contributed by atoms with Gasteiger partial charge in [0.25, 0.3) is 0 Å². The Morgan fingerprint density at radius 1 is 1.37 bits per heavy atom. The monoisotopic (exact) mass is 299 g/mol. The number of nitrogens with zero attached hydrogens (tertiary/aromatic N) is 3. The van der Waals surface area contributed by atoms with Crippen LogP contribution in [0.4, 0.5) is 5.82 Å². The second-order valence-corrected chi connectivity index (χ2v) is 5.96. The molecular formula is C13H15Cl2N3O. The van der Waals surface area contributed by atoms with E-state index < -0.39 is 0 Å². The summed E-state index contributed by atoms with van der Waals surface area (Å²) in [5, 5.41) is 1.01. The number of carbonyl (C=O) groups excluding carboxylic acids is 1. The van der Waals surface area contributed by atoms with Crippen molar-refractivity contribution in [2.75, 3.05) is 18.0 Å². The number of pyridine rings is 1. The van der Waals surface area contributed by atoms with Crippen LogP contribution in [0.2, 0.25) is 10.0 Å². The minimum atomic E-state index is -0.222. The summed E-state index contributed by atoms with van der Waals surface area (Å²) in [6.07, 6.45) is 3.71. The van der Waals surface area contributed by atoms with Crippen molar-refractivity contribution in [3.8, 4) is 0 Å². The maximum Gasteiger partial charge on any atom is 0.245 e. The number of anilines is 1. The lowest BCUT2D eigenvalue weighted by molar-refractivity contribution is -0.134. The van der Waals surface area contributed by atoms with Gasteiger partial charge >= 0.3 is 0 Å². The Morgan fingerprint density at radius 3 is 2.89 bits per heavy atom. The number of piperazine rings is 1. The molecule has 1 aromatic rings. The van der Waals surface area contributed by atoms with E-state index in [9.17, 15) is 4.79 Å². The summed E-state index contributed by atoms with van der Waals surface area (Å²) in [6, 6.07) is 1.74. The molecular weight excluding hydrogens is 285 g/mol.